The second kappa shape index (κ2) is 8.22. The van der Waals surface area contributed by atoms with E-state index in [9.17, 15) is 4.39 Å². The molecule has 0 bridgehead atoms. The van der Waals surface area contributed by atoms with Crippen molar-refractivity contribution >= 4 is 5.57 Å². The van der Waals surface area contributed by atoms with Crippen molar-refractivity contribution in [2.75, 3.05) is 0 Å². The largest absolute Gasteiger partial charge is 0.489 e. The summed E-state index contributed by atoms with van der Waals surface area (Å²) in [5, 5.41) is 0. The highest BCUT2D eigenvalue weighted by Crippen LogP contribution is 2.37. The van der Waals surface area contributed by atoms with Crippen molar-refractivity contribution in [3.05, 3.63) is 107 Å². The molecule has 1 aliphatic carbocycles. The normalized spacial score (nSPS) is 13.6. The number of rotatable bonds is 5. The van der Waals surface area contributed by atoms with Crippen molar-refractivity contribution in [1.82, 2.24) is 0 Å². The quantitative estimate of drug-likeness (QED) is 0.488. The Morgan fingerprint density at radius 1 is 0.778 bits per heavy atom. The Morgan fingerprint density at radius 3 is 2.15 bits per heavy atom. The second-order valence-electron chi connectivity index (χ2n) is 6.96. The molecule has 0 aliphatic heterocycles. The fourth-order valence-electron chi connectivity index (χ4n) is 3.72. The number of allylic oxidation sites excluding steroid dienone is 1. The van der Waals surface area contributed by atoms with E-state index in [1.165, 1.54) is 18.4 Å². The first kappa shape index (κ1) is 17.5. The van der Waals surface area contributed by atoms with Crippen molar-refractivity contribution in [3.8, 4) is 5.75 Å². The zero-order valence-electron chi connectivity index (χ0n) is 15.3. The van der Waals surface area contributed by atoms with Gasteiger partial charge in [0.05, 0.1) is 0 Å². The molecule has 0 saturated heterocycles. The van der Waals surface area contributed by atoms with Gasteiger partial charge in [0.2, 0.25) is 0 Å². The molecular weight excluding hydrogens is 335 g/mol. The van der Waals surface area contributed by atoms with Crippen LogP contribution >= 0.6 is 0 Å². The van der Waals surface area contributed by atoms with Gasteiger partial charge in [-0.25, -0.2) is 4.39 Å². The van der Waals surface area contributed by atoms with E-state index < -0.39 is 0 Å². The molecule has 4 rings (SSSR count). The third-order valence-electron chi connectivity index (χ3n) is 5.10. The molecular formula is C25H23FO. The van der Waals surface area contributed by atoms with E-state index >= 15 is 0 Å². The van der Waals surface area contributed by atoms with Gasteiger partial charge in [-0.15, -0.1) is 0 Å². The third-order valence-corrected chi connectivity index (χ3v) is 5.10. The van der Waals surface area contributed by atoms with Gasteiger partial charge < -0.3 is 4.74 Å². The Labute approximate surface area is 160 Å². The number of benzene rings is 3. The average Bonchev–Trinajstić information content (AvgIpc) is 3.24. The zero-order chi connectivity index (χ0) is 18.5. The van der Waals surface area contributed by atoms with Crippen LogP contribution in [0.25, 0.3) is 5.57 Å². The zero-order valence-corrected chi connectivity index (χ0v) is 15.3. The van der Waals surface area contributed by atoms with E-state index in [4.69, 9.17) is 4.74 Å². The van der Waals surface area contributed by atoms with Crippen LogP contribution in [0.1, 0.15) is 42.4 Å². The van der Waals surface area contributed by atoms with E-state index in [-0.39, 0.29) is 5.82 Å². The summed E-state index contributed by atoms with van der Waals surface area (Å²) in [5.41, 5.74) is 5.32. The first-order valence-corrected chi connectivity index (χ1v) is 9.55. The van der Waals surface area contributed by atoms with Crippen molar-refractivity contribution in [3.63, 3.8) is 0 Å². The van der Waals surface area contributed by atoms with E-state index in [2.05, 4.69) is 12.1 Å². The van der Waals surface area contributed by atoms with Gasteiger partial charge in [0, 0.05) is 5.56 Å². The van der Waals surface area contributed by atoms with Crippen molar-refractivity contribution in [2.24, 2.45) is 0 Å². The Bertz CT molecular complexity index is 918. The molecule has 1 nitrogen and oxygen atoms in total. The molecule has 0 heterocycles. The lowest BCUT2D eigenvalue weighted by molar-refractivity contribution is 0.306. The van der Waals surface area contributed by atoms with E-state index in [1.54, 1.807) is 12.1 Å². The molecule has 0 atom stereocenters. The first-order chi connectivity index (χ1) is 13.3. The fraction of sp³-hybridized carbons (Fsp3) is 0.200. The summed E-state index contributed by atoms with van der Waals surface area (Å²) < 4.78 is 20.4. The lowest BCUT2D eigenvalue weighted by atomic mass is 9.92. The topological polar surface area (TPSA) is 9.23 Å². The number of halogens is 1. The van der Waals surface area contributed by atoms with E-state index in [1.807, 2.05) is 54.6 Å². The summed E-state index contributed by atoms with van der Waals surface area (Å²) in [6, 6.07) is 25.3. The summed E-state index contributed by atoms with van der Waals surface area (Å²) in [7, 11) is 0. The maximum absolute atomic E-state index is 14.5. The highest BCUT2D eigenvalue weighted by Gasteiger charge is 2.18. The Balaban J connectivity index is 1.60. The third kappa shape index (κ3) is 4.11. The maximum Gasteiger partial charge on any atom is 0.131 e. The summed E-state index contributed by atoms with van der Waals surface area (Å²) in [5.74, 6) is 0.670. The second-order valence-corrected chi connectivity index (χ2v) is 6.96. The van der Waals surface area contributed by atoms with Gasteiger partial charge in [-0.2, -0.15) is 0 Å². The van der Waals surface area contributed by atoms with Crippen LogP contribution in [0, 0.1) is 5.82 Å². The monoisotopic (exact) mass is 358 g/mol. The van der Waals surface area contributed by atoms with Gasteiger partial charge >= 0.3 is 0 Å². The molecule has 136 valence electrons. The van der Waals surface area contributed by atoms with Crippen LogP contribution < -0.4 is 4.74 Å². The molecule has 2 heteroatoms. The predicted molar refractivity (Wildman–Crippen MR) is 108 cm³/mol. The van der Waals surface area contributed by atoms with Gasteiger partial charge in [0.1, 0.15) is 18.2 Å². The average molecular weight is 358 g/mol. The Kier molecular flexibility index (Phi) is 5.34. The summed E-state index contributed by atoms with van der Waals surface area (Å²) in [4.78, 5) is 0. The van der Waals surface area contributed by atoms with Crippen molar-refractivity contribution in [2.45, 2.75) is 32.3 Å². The molecule has 0 unspecified atom stereocenters. The first-order valence-electron chi connectivity index (χ1n) is 9.55. The summed E-state index contributed by atoms with van der Waals surface area (Å²) in [6.07, 6.45) is 4.48. The number of hydrogen-bond donors (Lipinski definition) is 0. The predicted octanol–water partition coefficient (Wildman–Crippen LogP) is 6.78. The fourth-order valence-corrected chi connectivity index (χ4v) is 3.72. The van der Waals surface area contributed by atoms with Gasteiger partial charge in [-0.3, -0.25) is 0 Å². The summed E-state index contributed by atoms with van der Waals surface area (Å²) >= 11 is 0. The molecule has 0 N–H and O–H groups in total. The van der Waals surface area contributed by atoms with Gasteiger partial charge in [-0.05, 0) is 60.6 Å². The molecule has 3 aromatic rings. The van der Waals surface area contributed by atoms with Crippen LogP contribution in [0.4, 0.5) is 4.39 Å². The lowest BCUT2D eigenvalue weighted by Gasteiger charge is -2.14. The van der Waals surface area contributed by atoms with Crippen LogP contribution in [-0.4, -0.2) is 0 Å². The Morgan fingerprint density at radius 2 is 1.44 bits per heavy atom. The van der Waals surface area contributed by atoms with Crippen molar-refractivity contribution in [1.29, 1.82) is 0 Å². The minimum atomic E-state index is -0.156. The molecule has 0 aromatic heterocycles. The molecule has 1 aliphatic rings. The molecule has 1 fully saturated rings. The standard InChI is InChI=1S/C25H23FO/c26-24-13-7-6-12-23(24)25(20-10-4-5-11-20)21-14-16-22(17-15-21)27-18-19-8-2-1-3-9-19/h1-3,6-9,12-17H,4-5,10-11,18H2. The van der Waals surface area contributed by atoms with Crippen molar-refractivity contribution < 1.29 is 9.13 Å². The smallest absolute Gasteiger partial charge is 0.131 e. The summed E-state index contributed by atoms with van der Waals surface area (Å²) in [6.45, 7) is 0.543. The lowest BCUT2D eigenvalue weighted by Crippen LogP contribution is -1.97. The number of ether oxygens (including phenoxy) is 1. The van der Waals surface area contributed by atoms with Crippen LogP contribution in [0.2, 0.25) is 0 Å². The van der Waals surface area contributed by atoms with E-state index in [0.717, 1.165) is 35.3 Å². The molecule has 27 heavy (non-hydrogen) atoms. The van der Waals surface area contributed by atoms with Gasteiger partial charge in [-0.1, -0.05) is 66.2 Å². The molecule has 0 amide bonds. The van der Waals surface area contributed by atoms with Gasteiger partial charge in [0.25, 0.3) is 0 Å². The van der Waals surface area contributed by atoms with Crippen LogP contribution in [0.3, 0.4) is 0 Å². The Hall–Kier alpha value is -2.87. The molecule has 1 saturated carbocycles. The highest BCUT2D eigenvalue weighted by atomic mass is 19.1. The van der Waals surface area contributed by atoms with Crippen LogP contribution in [0.5, 0.6) is 5.75 Å². The highest BCUT2D eigenvalue weighted by molar-refractivity contribution is 5.82. The number of hydrogen-bond acceptors (Lipinski definition) is 1. The minimum Gasteiger partial charge on any atom is -0.489 e. The maximum atomic E-state index is 14.5. The van der Waals surface area contributed by atoms with Crippen LogP contribution in [0.15, 0.2) is 84.4 Å². The molecule has 0 spiro atoms. The van der Waals surface area contributed by atoms with E-state index in [0.29, 0.717) is 12.2 Å². The molecule has 3 aromatic carbocycles. The van der Waals surface area contributed by atoms with Gasteiger partial charge in [0.15, 0.2) is 0 Å². The molecule has 0 radical (unpaired) electrons. The minimum absolute atomic E-state index is 0.156. The van der Waals surface area contributed by atoms with Crippen LogP contribution in [-0.2, 0) is 6.61 Å². The SMILES string of the molecule is Fc1ccccc1C(=C1CCCC1)c1ccc(OCc2ccccc2)cc1.